The van der Waals surface area contributed by atoms with E-state index in [0.29, 0.717) is 19.8 Å². The summed E-state index contributed by atoms with van der Waals surface area (Å²) in [5.41, 5.74) is 1.12. The minimum absolute atomic E-state index is 0.0663. The van der Waals surface area contributed by atoms with Crippen LogP contribution in [0.3, 0.4) is 0 Å². The van der Waals surface area contributed by atoms with Crippen molar-refractivity contribution in [3.8, 4) is 0 Å². The Morgan fingerprint density at radius 2 is 2.00 bits per heavy atom. The van der Waals surface area contributed by atoms with E-state index >= 15 is 0 Å². The summed E-state index contributed by atoms with van der Waals surface area (Å²) in [5.74, 6) is -0.746. The van der Waals surface area contributed by atoms with E-state index in [9.17, 15) is 4.79 Å². The van der Waals surface area contributed by atoms with E-state index in [1.807, 2.05) is 44.2 Å². The molecule has 1 aromatic carbocycles. The van der Waals surface area contributed by atoms with E-state index in [2.05, 4.69) is 5.32 Å². The van der Waals surface area contributed by atoms with Gasteiger partial charge in [0.25, 0.3) is 0 Å². The fraction of sp³-hybridized carbons (Fsp3) is 0.500. The fourth-order valence-electron chi connectivity index (χ4n) is 1.66. The van der Waals surface area contributed by atoms with Gasteiger partial charge in [-0.25, -0.2) is 0 Å². The molecular weight excluding hydrogens is 230 g/mol. The maximum Gasteiger partial charge on any atom is 0.320 e. The van der Waals surface area contributed by atoms with Gasteiger partial charge in [0, 0.05) is 6.54 Å². The van der Waals surface area contributed by atoms with Crippen LogP contribution in [-0.4, -0.2) is 30.3 Å². The van der Waals surface area contributed by atoms with E-state index in [0.717, 1.165) is 5.56 Å². The van der Waals surface area contributed by atoms with E-state index < -0.39 is 12.0 Å². The van der Waals surface area contributed by atoms with Crippen molar-refractivity contribution in [3.05, 3.63) is 35.9 Å². The second kappa shape index (κ2) is 7.84. The van der Waals surface area contributed by atoms with Gasteiger partial charge < -0.3 is 15.2 Å². The highest BCUT2D eigenvalue weighted by Gasteiger charge is 2.19. The zero-order valence-corrected chi connectivity index (χ0v) is 10.9. The van der Waals surface area contributed by atoms with Gasteiger partial charge in [0.05, 0.1) is 13.2 Å². The summed E-state index contributed by atoms with van der Waals surface area (Å²) in [6, 6.07) is 9.39. The standard InChI is InChI=1S/C14H21NO3/c1-11(2)13(14(16)17)15-8-9-18-10-12-6-4-3-5-7-12/h3-7,11,13,15H,8-10H2,1-2H3,(H,16,17)/t13-/m0/s1. The van der Waals surface area contributed by atoms with Gasteiger partial charge in [-0.3, -0.25) is 4.79 Å². The van der Waals surface area contributed by atoms with Gasteiger partial charge in [-0.1, -0.05) is 44.2 Å². The number of rotatable bonds is 8. The Morgan fingerprint density at radius 3 is 2.56 bits per heavy atom. The number of benzene rings is 1. The minimum Gasteiger partial charge on any atom is -0.480 e. The maximum atomic E-state index is 10.9. The summed E-state index contributed by atoms with van der Waals surface area (Å²) >= 11 is 0. The van der Waals surface area contributed by atoms with E-state index in [1.54, 1.807) is 0 Å². The van der Waals surface area contributed by atoms with Crippen molar-refractivity contribution < 1.29 is 14.6 Å². The average Bonchev–Trinajstić information content (AvgIpc) is 2.34. The summed E-state index contributed by atoms with van der Waals surface area (Å²) in [5, 5.41) is 12.0. The highest BCUT2D eigenvalue weighted by molar-refractivity contribution is 5.73. The Hall–Kier alpha value is -1.39. The van der Waals surface area contributed by atoms with Crippen molar-refractivity contribution in [1.82, 2.24) is 5.32 Å². The first-order valence-electron chi connectivity index (χ1n) is 6.19. The summed E-state index contributed by atoms with van der Waals surface area (Å²) < 4.78 is 5.47. The van der Waals surface area contributed by atoms with E-state index in [1.165, 1.54) is 0 Å². The molecular formula is C14H21NO3. The number of hydrogen-bond acceptors (Lipinski definition) is 3. The van der Waals surface area contributed by atoms with Crippen molar-refractivity contribution in [3.63, 3.8) is 0 Å². The van der Waals surface area contributed by atoms with Crippen molar-refractivity contribution in [2.24, 2.45) is 5.92 Å². The summed E-state index contributed by atoms with van der Waals surface area (Å²) in [4.78, 5) is 10.9. The van der Waals surface area contributed by atoms with Crippen LogP contribution >= 0.6 is 0 Å². The first-order valence-corrected chi connectivity index (χ1v) is 6.19. The molecule has 0 bridgehead atoms. The normalized spacial score (nSPS) is 12.6. The van der Waals surface area contributed by atoms with Gasteiger partial charge in [-0.2, -0.15) is 0 Å². The third kappa shape index (κ3) is 5.29. The lowest BCUT2D eigenvalue weighted by atomic mass is 10.1. The van der Waals surface area contributed by atoms with E-state index in [4.69, 9.17) is 9.84 Å². The Bertz CT molecular complexity index is 351. The summed E-state index contributed by atoms with van der Waals surface area (Å²) in [6.07, 6.45) is 0. The number of nitrogens with one attached hydrogen (secondary N) is 1. The molecule has 2 N–H and O–H groups in total. The number of ether oxygens (including phenoxy) is 1. The van der Waals surface area contributed by atoms with E-state index in [-0.39, 0.29) is 5.92 Å². The molecule has 0 saturated carbocycles. The Kier molecular flexibility index (Phi) is 6.39. The molecule has 100 valence electrons. The first-order chi connectivity index (χ1) is 8.61. The predicted molar refractivity (Wildman–Crippen MR) is 70.4 cm³/mol. The van der Waals surface area contributed by atoms with Gasteiger partial charge in [0.2, 0.25) is 0 Å². The van der Waals surface area contributed by atoms with Crippen LogP contribution in [0.1, 0.15) is 19.4 Å². The molecule has 0 aliphatic carbocycles. The highest BCUT2D eigenvalue weighted by Crippen LogP contribution is 2.02. The van der Waals surface area contributed by atoms with Crippen LogP contribution in [0, 0.1) is 5.92 Å². The summed E-state index contributed by atoms with van der Waals surface area (Å²) in [7, 11) is 0. The fourth-order valence-corrected chi connectivity index (χ4v) is 1.66. The molecule has 4 heteroatoms. The molecule has 1 aromatic rings. The quantitative estimate of drug-likeness (QED) is 0.693. The van der Waals surface area contributed by atoms with Gasteiger partial charge in [-0.15, -0.1) is 0 Å². The molecule has 1 atom stereocenters. The Morgan fingerprint density at radius 1 is 1.33 bits per heavy atom. The van der Waals surface area contributed by atoms with Crippen LogP contribution < -0.4 is 5.32 Å². The lowest BCUT2D eigenvalue weighted by Gasteiger charge is -2.17. The second-order valence-corrected chi connectivity index (χ2v) is 4.55. The largest absolute Gasteiger partial charge is 0.480 e. The molecule has 1 rings (SSSR count). The number of aliphatic carboxylic acids is 1. The molecule has 0 heterocycles. The number of carboxylic acid groups (broad SMARTS) is 1. The monoisotopic (exact) mass is 251 g/mol. The molecule has 0 fully saturated rings. The van der Waals surface area contributed by atoms with Crippen LogP contribution in [0.5, 0.6) is 0 Å². The highest BCUT2D eigenvalue weighted by atomic mass is 16.5. The average molecular weight is 251 g/mol. The second-order valence-electron chi connectivity index (χ2n) is 4.55. The first kappa shape index (κ1) is 14.7. The number of carbonyl (C=O) groups is 1. The van der Waals surface area contributed by atoms with Crippen LogP contribution in [-0.2, 0) is 16.1 Å². The molecule has 0 aromatic heterocycles. The maximum absolute atomic E-state index is 10.9. The lowest BCUT2D eigenvalue weighted by Crippen LogP contribution is -2.42. The number of hydrogen-bond donors (Lipinski definition) is 2. The molecule has 0 aliphatic rings. The van der Waals surface area contributed by atoms with Gasteiger partial charge in [-0.05, 0) is 11.5 Å². The van der Waals surface area contributed by atoms with Crippen LogP contribution in [0.4, 0.5) is 0 Å². The molecule has 0 aliphatic heterocycles. The lowest BCUT2D eigenvalue weighted by molar-refractivity contribution is -0.140. The number of carboxylic acids is 1. The smallest absolute Gasteiger partial charge is 0.320 e. The molecule has 0 amide bonds. The van der Waals surface area contributed by atoms with Crippen molar-refractivity contribution in [2.45, 2.75) is 26.5 Å². The van der Waals surface area contributed by atoms with Crippen molar-refractivity contribution in [2.75, 3.05) is 13.2 Å². The molecule has 0 unspecified atom stereocenters. The van der Waals surface area contributed by atoms with Crippen molar-refractivity contribution >= 4 is 5.97 Å². The third-order valence-electron chi connectivity index (χ3n) is 2.65. The minimum atomic E-state index is -0.812. The predicted octanol–water partition coefficient (Wildman–Crippen LogP) is 1.90. The van der Waals surface area contributed by atoms with Gasteiger partial charge in [0.1, 0.15) is 6.04 Å². The van der Waals surface area contributed by atoms with Gasteiger partial charge >= 0.3 is 5.97 Å². The zero-order chi connectivity index (χ0) is 13.4. The SMILES string of the molecule is CC(C)[C@H](NCCOCc1ccccc1)C(=O)O. The Labute approximate surface area is 108 Å². The van der Waals surface area contributed by atoms with Crippen molar-refractivity contribution in [1.29, 1.82) is 0 Å². The zero-order valence-electron chi connectivity index (χ0n) is 10.9. The summed E-state index contributed by atoms with van der Waals surface area (Å²) in [6.45, 7) is 5.38. The molecule has 0 radical (unpaired) electrons. The molecule has 18 heavy (non-hydrogen) atoms. The third-order valence-corrected chi connectivity index (χ3v) is 2.65. The topological polar surface area (TPSA) is 58.6 Å². The molecule has 0 spiro atoms. The Balaban J connectivity index is 2.17. The van der Waals surface area contributed by atoms with Crippen LogP contribution in [0.15, 0.2) is 30.3 Å². The van der Waals surface area contributed by atoms with Crippen LogP contribution in [0.25, 0.3) is 0 Å². The molecule has 0 saturated heterocycles. The molecule has 4 nitrogen and oxygen atoms in total. The van der Waals surface area contributed by atoms with Crippen LogP contribution in [0.2, 0.25) is 0 Å². The van der Waals surface area contributed by atoms with Gasteiger partial charge in [0.15, 0.2) is 0 Å².